The lowest BCUT2D eigenvalue weighted by Gasteiger charge is -2.26. The van der Waals surface area contributed by atoms with Crippen LogP contribution in [0.4, 0.5) is 9.52 Å². The molecule has 1 N–H and O–H groups in total. The zero-order valence-electron chi connectivity index (χ0n) is 19.1. The summed E-state index contributed by atoms with van der Waals surface area (Å²) < 4.78 is 17.4. The molecule has 1 aliphatic rings. The minimum atomic E-state index is -0.362. The number of carbonyl (C=O) groups is 1. The van der Waals surface area contributed by atoms with E-state index in [2.05, 4.69) is 43.9 Å². The minimum Gasteiger partial charge on any atom is -0.301 e. The van der Waals surface area contributed by atoms with Crippen molar-refractivity contribution < 1.29 is 9.18 Å². The maximum absolute atomic E-state index is 14.8. The van der Waals surface area contributed by atoms with Crippen LogP contribution in [0.15, 0.2) is 46.7 Å². The summed E-state index contributed by atoms with van der Waals surface area (Å²) in [7, 11) is 0. The number of aromatic nitrogens is 4. The normalized spacial score (nSPS) is 16.8. The van der Waals surface area contributed by atoms with Gasteiger partial charge in [0.2, 0.25) is 11.7 Å². The van der Waals surface area contributed by atoms with Crippen LogP contribution >= 0.6 is 23.1 Å². The van der Waals surface area contributed by atoms with Crippen LogP contribution in [0.2, 0.25) is 0 Å². The lowest BCUT2D eigenvalue weighted by atomic mass is 10.2. The number of imidazole rings is 1. The van der Waals surface area contributed by atoms with Gasteiger partial charge in [0.05, 0.1) is 27.9 Å². The number of carbonyl (C=O) groups excluding carboxylic acids is 1. The highest BCUT2D eigenvalue weighted by atomic mass is 32.2. The van der Waals surface area contributed by atoms with Crippen molar-refractivity contribution in [2.75, 3.05) is 38.0 Å². The smallest absolute Gasteiger partial charge is 0.240 e. The molecular formula is C23H26FN7OS2. The van der Waals surface area contributed by atoms with Gasteiger partial charge >= 0.3 is 0 Å². The molecule has 5 rings (SSSR count). The van der Waals surface area contributed by atoms with Crippen LogP contribution in [0.5, 0.6) is 0 Å². The molecule has 0 aliphatic carbocycles. The van der Waals surface area contributed by atoms with Crippen molar-refractivity contribution in [3.8, 4) is 0 Å². The standard InChI is InChI=1S/C23H26FN7OS2/c1-3-30(4-2)15-6-9-29(13-15)14-20(32)28-23-27-17-10-16(24)18(11-19(17)34-23)33-21-12-26-22-25-7-5-8-31(21)22/h5,7-8,10-12,15H,3-4,6,9,13-14H2,1-2H3,(H,27,28,32). The highest BCUT2D eigenvalue weighted by Crippen LogP contribution is 2.35. The Morgan fingerprint density at radius 3 is 3.00 bits per heavy atom. The Kier molecular flexibility index (Phi) is 6.77. The quantitative estimate of drug-likeness (QED) is 0.393. The first kappa shape index (κ1) is 23.2. The van der Waals surface area contributed by atoms with Crippen molar-refractivity contribution in [2.24, 2.45) is 0 Å². The summed E-state index contributed by atoms with van der Waals surface area (Å²) in [5.74, 6) is 0.113. The zero-order valence-corrected chi connectivity index (χ0v) is 20.7. The average molecular weight is 500 g/mol. The summed E-state index contributed by atoms with van der Waals surface area (Å²) in [4.78, 5) is 30.6. The van der Waals surface area contributed by atoms with Crippen molar-refractivity contribution in [2.45, 2.75) is 36.2 Å². The third kappa shape index (κ3) is 4.78. The second kappa shape index (κ2) is 9.95. The molecule has 1 saturated heterocycles. The van der Waals surface area contributed by atoms with Crippen LogP contribution in [-0.4, -0.2) is 73.8 Å². The molecule has 34 heavy (non-hydrogen) atoms. The van der Waals surface area contributed by atoms with Gasteiger partial charge in [0.1, 0.15) is 10.8 Å². The molecule has 0 bridgehead atoms. The maximum Gasteiger partial charge on any atom is 0.240 e. The number of benzene rings is 1. The first-order valence-corrected chi connectivity index (χ1v) is 13.0. The molecule has 1 amide bonds. The Balaban J connectivity index is 1.26. The van der Waals surface area contributed by atoms with Crippen molar-refractivity contribution in [3.63, 3.8) is 0 Å². The van der Waals surface area contributed by atoms with Crippen molar-refractivity contribution in [1.29, 1.82) is 0 Å². The van der Waals surface area contributed by atoms with Crippen LogP contribution < -0.4 is 5.32 Å². The Morgan fingerprint density at radius 1 is 1.32 bits per heavy atom. The highest BCUT2D eigenvalue weighted by molar-refractivity contribution is 7.99. The summed E-state index contributed by atoms with van der Waals surface area (Å²) in [6, 6.07) is 5.50. The molecule has 0 saturated carbocycles. The fourth-order valence-electron chi connectivity index (χ4n) is 4.41. The van der Waals surface area contributed by atoms with Crippen molar-refractivity contribution >= 4 is 50.1 Å². The van der Waals surface area contributed by atoms with E-state index in [-0.39, 0.29) is 11.7 Å². The minimum absolute atomic E-state index is 0.0902. The number of nitrogens with one attached hydrogen (secondary N) is 1. The summed E-state index contributed by atoms with van der Waals surface area (Å²) in [5, 5.41) is 4.16. The van der Waals surface area contributed by atoms with Crippen molar-refractivity contribution in [3.05, 3.63) is 42.6 Å². The fraction of sp³-hybridized carbons (Fsp3) is 0.391. The number of fused-ring (bicyclic) bond motifs is 2. The maximum atomic E-state index is 14.8. The van der Waals surface area contributed by atoms with E-state index < -0.39 is 0 Å². The number of amides is 1. The molecule has 1 aromatic carbocycles. The second-order valence-corrected chi connectivity index (χ2v) is 10.3. The monoisotopic (exact) mass is 499 g/mol. The predicted molar refractivity (Wildman–Crippen MR) is 133 cm³/mol. The summed E-state index contributed by atoms with van der Waals surface area (Å²) in [6.45, 7) is 8.56. The summed E-state index contributed by atoms with van der Waals surface area (Å²) in [6.07, 6.45) is 6.28. The SMILES string of the molecule is CCN(CC)C1CCN(CC(=O)Nc2nc3cc(F)c(Sc4cnc5ncccn45)cc3s2)C1. The zero-order chi connectivity index (χ0) is 23.7. The van der Waals surface area contributed by atoms with Gasteiger partial charge in [-0.15, -0.1) is 0 Å². The topological polar surface area (TPSA) is 78.7 Å². The summed E-state index contributed by atoms with van der Waals surface area (Å²) >= 11 is 2.63. The van der Waals surface area contributed by atoms with E-state index >= 15 is 0 Å². The molecule has 1 unspecified atom stereocenters. The van der Waals surface area contributed by atoms with Crippen molar-refractivity contribution in [1.82, 2.24) is 29.2 Å². The van der Waals surface area contributed by atoms with Gasteiger partial charge < -0.3 is 5.32 Å². The lowest BCUT2D eigenvalue weighted by Crippen LogP contribution is -2.39. The fourth-order valence-corrected chi connectivity index (χ4v) is 6.29. The van der Waals surface area contributed by atoms with Gasteiger partial charge in [-0.1, -0.05) is 36.9 Å². The molecule has 1 atom stereocenters. The van der Waals surface area contributed by atoms with Gasteiger partial charge in [0.25, 0.3) is 0 Å². The number of likely N-dealkylation sites (tertiary alicyclic amines) is 1. The molecule has 8 nitrogen and oxygen atoms in total. The van der Waals surface area contributed by atoms with Gasteiger partial charge in [-0.25, -0.2) is 19.3 Å². The van der Waals surface area contributed by atoms with E-state index in [1.54, 1.807) is 18.5 Å². The van der Waals surface area contributed by atoms with Crippen LogP contribution in [0.3, 0.4) is 0 Å². The number of halogens is 1. The highest BCUT2D eigenvalue weighted by Gasteiger charge is 2.27. The number of hydrogen-bond donors (Lipinski definition) is 1. The summed E-state index contributed by atoms with van der Waals surface area (Å²) in [5.41, 5.74) is 0.532. The van der Waals surface area contributed by atoms with Gasteiger partial charge in [0, 0.05) is 37.6 Å². The van der Waals surface area contributed by atoms with E-state index in [1.165, 1.54) is 29.2 Å². The molecule has 4 aromatic rings. The number of anilines is 1. The number of rotatable bonds is 8. The van der Waals surface area contributed by atoms with Crippen LogP contribution in [-0.2, 0) is 4.79 Å². The lowest BCUT2D eigenvalue weighted by molar-refractivity contribution is -0.117. The molecular weight excluding hydrogens is 473 g/mol. The van der Waals surface area contributed by atoms with E-state index in [0.717, 1.165) is 42.3 Å². The molecule has 3 aromatic heterocycles. The number of nitrogens with zero attached hydrogens (tertiary/aromatic N) is 6. The Labute approximate surface area is 205 Å². The Bertz CT molecular complexity index is 1320. The molecule has 11 heteroatoms. The van der Waals surface area contributed by atoms with Gasteiger partial charge in [-0.2, -0.15) is 0 Å². The van der Waals surface area contributed by atoms with E-state index in [0.29, 0.717) is 33.9 Å². The predicted octanol–water partition coefficient (Wildman–Crippen LogP) is 3.98. The first-order chi connectivity index (χ1) is 16.5. The molecule has 178 valence electrons. The van der Waals surface area contributed by atoms with Crippen LogP contribution in [0, 0.1) is 5.82 Å². The molecule has 4 heterocycles. The van der Waals surface area contributed by atoms with Gasteiger partial charge in [-0.05, 0) is 31.6 Å². The number of likely N-dealkylation sites (N-methyl/N-ethyl adjacent to an activating group) is 1. The Morgan fingerprint density at radius 2 is 2.18 bits per heavy atom. The van der Waals surface area contributed by atoms with E-state index in [4.69, 9.17) is 0 Å². The van der Waals surface area contributed by atoms with Crippen LogP contribution in [0.25, 0.3) is 16.0 Å². The van der Waals surface area contributed by atoms with E-state index in [9.17, 15) is 9.18 Å². The average Bonchev–Trinajstić information content (AvgIpc) is 3.54. The van der Waals surface area contributed by atoms with Crippen LogP contribution in [0.1, 0.15) is 20.3 Å². The molecule has 1 fully saturated rings. The second-order valence-electron chi connectivity index (χ2n) is 8.20. The number of thiazole rings is 1. The van der Waals surface area contributed by atoms with Gasteiger partial charge in [-0.3, -0.25) is 19.0 Å². The first-order valence-electron chi connectivity index (χ1n) is 11.4. The van der Waals surface area contributed by atoms with E-state index in [1.807, 2.05) is 16.7 Å². The third-order valence-electron chi connectivity index (χ3n) is 6.10. The van der Waals surface area contributed by atoms with Gasteiger partial charge in [0.15, 0.2) is 5.13 Å². The Hall–Kier alpha value is -2.60. The molecule has 0 radical (unpaired) electrons. The number of hydrogen-bond acceptors (Lipinski definition) is 8. The third-order valence-corrected chi connectivity index (χ3v) is 8.08. The largest absolute Gasteiger partial charge is 0.301 e. The molecule has 1 aliphatic heterocycles. The molecule has 0 spiro atoms.